The largest absolute Gasteiger partial charge is 0.396 e. The average Bonchev–Trinajstić information content (AvgIpc) is 2.18. The van der Waals surface area contributed by atoms with Crippen molar-refractivity contribution in [3.05, 3.63) is 0 Å². The van der Waals surface area contributed by atoms with Crippen LogP contribution in [0.3, 0.4) is 0 Å². The Balaban J connectivity index is 2.25. The lowest BCUT2D eigenvalue weighted by Gasteiger charge is -2.32. The second-order valence-electron chi connectivity index (χ2n) is 3.79. The van der Waals surface area contributed by atoms with Crippen LogP contribution < -0.4 is 0 Å². The number of hydrogen-bond acceptors (Lipinski definition) is 4. The van der Waals surface area contributed by atoms with Crippen molar-refractivity contribution >= 4 is 0 Å². The summed E-state index contributed by atoms with van der Waals surface area (Å²) in [7, 11) is 0. The lowest BCUT2D eigenvalue weighted by Crippen LogP contribution is -2.42. The Kier molecular flexibility index (Phi) is 4.66. The van der Waals surface area contributed by atoms with Gasteiger partial charge in [-0.3, -0.25) is 0 Å². The number of aliphatic hydroxyl groups is 3. The third kappa shape index (κ3) is 3.60. The molecule has 1 aliphatic heterocycles. The summed E-state index contributed by atoms with van der Waals surface area (Å²) in [4.78, 5) is 2.10. The number of hydrogen-bond donors (Lipinski definition) is 3. The van der Waals surface area contributed by atoms with Gasteiger partial charge in [-0.15, -0.1) is 0 Å². The molecule has 0 unspecified atom stereocenters. The molecule has 0 amide bonds. The highest BCUT2D eigenvalue weighted by atomic mass is 16.3. The van der Waals surface area contributed by atoms with Crippen LogP contribution in [0.1, 0.15) is 12.8 Å². The topological polar surface area (TPSA) is 63.9 Å². The monoisotopic (exact) mass is 189 g/mol. The van der Waals surface area contributed by atoms with Gasteiger partial charge in [-0.1, -0.05) is 0 Å². The Morgan fingerprint density at radius 2 is 2.15 bits per heavy atom. The minimum atomic E-state index is -0.641. The molecule has 0 saturated carbocycles. The van der Waals surface area contributed by atoms with Crippen molar-refractivity contribution in [1.29, 1.82) is 0 Å². The Labute approximate surface area is 78.8 Å². The van der Waals surface area contributed by atoms with E-state index in [2.05, 4.69) is 4.90 Å². The van der Waals surface area contributed by atoms with E-state index in [-0.39, 0.29) is 13.2 Å². The lowest BCUT2D eigenvalue weighted by atomic mass is 9.99. The first-order valence-corrected chi connectivity index (χ1v) is 4.88. The Bertz CT molecular complexity index is 141. The van der Waals surface area contributed by atoms with E-state index in [0.29, 0.717) is 12.5 Å². The van der Waals surface area contributed by atoms with Gasteiger partial charge in [0.15, 0.2) is 0 Å². The zero-order valence-corrected chi connectivity index (χ0v) is 7.89. The number of aliphatic hydroxyl groups excluding tert-OH is 3. The van der Waals surface area contributed by atoms with Crippen LogP contribution in [0.2, 0.25) is 0 Å². The molecule has 1 aliphatic rings. The molecule has 13 heavy (non-hydrogen) atoms. The Hall–Kier alpha value is -0.160. The maximum absolute atomic E-state index is 9.21. The summed E-state index contributed by atoms with van der Waals surface area (Å²) < 4.78 is 0. The first-order valence-electron chi connectivity index (χ1n) is 4.88. The van der Waals surface area contributed by atoms with E-state index in [1.807, 2.05) is 0 Å². The molecule has 2 atom stereocenters. The van der Waals surface area contributed by atoms with E-state index in [0.717, 1.165) is 25.9 Å². The molecule has 0 aromatic rings. The fraction of sp³-hybridized carbons (Fsp3) is 1.00. The van der Waals surface area contributed by atoms with Crippen LogP contribution in [0.5, 0.6) is 0 Å². The summed E-state index contributed by atoms with van der Waals surface area (Å²) >= 11 is 0. The summed E-state index contributed by atoms with van der Waals surface area (Å²) in [6.07, 6.45) is 1.50. The quantitative estimate of drug-likeness (QED) is 0.533. The molecule has 1 rings (SSSR count). The van der Waals surface area contributed by atoms with Crippen LogP contribution >= 0.6 is 0 Å². The number of piperidine rings is 1. The number of nitrogens with zero attached hydrogens (tertiary/aromatic N) is 1. The van der Waals surface area contributed by atoms with Crippen molar-refractivity contribution in [3.8, 4) is 0 Å². The normalized spacial score (nSPS) is 27.5. The van der Waals surface area contributed by atoms with E-state index in [4.69, 9.17) is 10.2 Å². The SMILES string of the molecule is OC[C@@H](O)CN1CCC[C@@H](CO)C1. The summed E-state index contributed by atoms with van der Waals surface area (Å²) in [5.74, 6) is 0.347. The van der Waals surface area contributed by atoms with Crippen molar-refractivity contribution in [2.24, 2.45) is 5.92 Å². The minimum Gasteiger partial charge on any atom is -0.396 e. The molecule has 0 aromatic carbocycles. The van der Waals surface area contributed by atoms with E-state index >= 15 is 0 Å². The fourth-order valence-electron chi connectivity index (χ4n) is 1.82. The van der Waals surface area contributed by atoms with Crippen LogP contribution in [-0.4, -0.2) is 59.2 Å². The molecule has 0 aromatic heterocycles. The molecular weight excluding hydrogens is 170 g/mol. The average molecular weight is 189 g/mol. The second-order valence-corrected chi connectivity index (χ2v) is 3.79. The van der Waals surface area contributed by atoms with Gasteiger partial charge in [-0.25, -0.2) is 0 Å². The molecule has 78 valence electrons. The van der Waals surface area contributed by atoms with Gasteiger partial charge in [0.2, 0.25) is 0 Å². The van der Waals surface area contributed by atoms with Crippen molar-refractivity contribution in [2.75, 3.05) is 32.8 Å². The first kappa shape index (κ1) is 10.9. The van der Waals surface area contributed by atoms with Crippen LogP contribution in [0, 0.1) is 5.92 Å². The zero-order chi connectivity index (χ0) is 9.68. The van der Waals surface area contributed by atoms with E-state index < -0.39 is 6.10 Å². The highest BCUT2D eigenvalue weighted by molar-refractivity contribution is 4.74. The summed E-state index contributed by atoms with van der Waals surface area (Å²) in [6, 6.07) is 0. The maximum atomic E-state index is 9.21. The van der Waals surface area contributed by atoms with Crippen molar-refractivity contribution in [1.82, 2.24) is 4.90 Å². The molecule has 3 N–H and O–H groups in total. The van der Waals surface area contributed by atoms with Crippen LogP contribution in [0.4, 0.5) is 0 Å². The highest BCUT2D eigenvalue weighted by Gasteiger charge is 2.20. The molecule has 4 nitrogen and oxygen atoms in total. The highest BCUT2D eigenvalue weighted by Crippen LogP contribution is 2.15. The smallest absolute Gasteiger partial charge is 0.0897 e. The van der Waals surface area contributed by atoms with Gasteiger partial charge in [0.25, 0.3) is 0 Å². The molecule has 0 bridgehead atoms. The van der Waals surface area contributed by atoms with Crippen LogP contribution in [0.15, 0.2) is 0 Å². The number of likely N-dealkylation sites (tertiary alicyclic amines) is 1. The predicted octanol–water partition coefficient (Wildman–Crippen LogP) is -0.956. The Morgan fingerprint density at radius 3 is 2.77 bits per heavy atom. The molecule has 0 radical (unpaired) electrons. The van der Waals surface area contributed by atoms with E-state index in [1.54, 1.807) is 0 Å². The van der Waals surface area contributed by atoms with Gasteiger partial charge in [0, 0.05) is 19.7 Å². The van der Waals surface area contributed by atoms with Crippen LogP contribution in [0.25, 0.3) is 0 Å². The van der Waals surface area contributed by atoms with Gasteiger partial charge in [-0.2, -0.15) is 0 Å². The van der Waals surface area contributed by atoms with Gasteiger partial charge in [-0.05, 0) is 25.3 Å². The summed E-state index contributed by atoms with van der Waals surface area (Å²) in [5, 5.41) is 26.8. The van der Waals surface area contributed by atoms with Gasteiger partial charge in [0.1, 0.15) is 0 Å². The molecule has 1 heterocycles. The number of β-amino-alcohol motifs (C(OH)–C–C–N with tert-alkyl or cyclic N) is 1. The van der Waals surface area contributed by atoms with E-state index in [9.17, 15) is 5.11 Å². The first-order chi connectivity index (χ1) is 6.26. The zero-order valence-electron chi connectivity index (χ0n) is 7.89. The summed E-state index contributed by atoms with van der Waals surface area (Å²) in [5.41, 5.74) is 0. The van der Waals surface area contributed by atoms with Gasteiger partial charge in [0.05, 0.1) is 12.7 Å². The third-order valence-electron chi connectivity index (χ3n) is 2.54. The molecule has 0 aliphatic carbocycles. The number of rotatable bonds is 4. The molecule has 4 heteroatoms. The van der Waals surface area contributed by atoms with Crippen molar-refractivity contribution < 1.29 is 15.3 Å². The maximum Gasteiger partial charge on any atom is 0.0897 e. The third-order valence-corrected chi connectivity index (χ3v) is 2.54. The molecule has 1 saturated heterocycles. The molecule has 0 spiro atoms. The predicted molar refractivity (Wildman–Crippen MR) is 49.3 cm³/mol. The van der Waals surface area contributed by atoms with Gasteiger partial charge >= 0.3 is 0 Å². The molecule has 1 fully saturated rings. The van der Waals surface area contributed by atoms with Gasteiger partial charge < -0.3 is 20.2 Å². The standard InChI is InChI=1S/C9H19NO3/c11-6-8-2-1-3-10(4-8)5-9(13)7-12/h8-9,11-13H,1-7H2/t8-,9+/m1/s1. The van der Waals surface area contributed by atoms with Crippen LogP contribution in [-0.2, 0) is 0 Å². The Morgan fingerprint density at radius 1 is 1.38 bits per heavy atom. The van der Waals surface area contributed by atoms with E-state index in [1.165, 1.54) is 0 Å². The van der Waals surface area contributed by atoms with Crippen molar-refractivity contribution in [3.63, 3.8) is 0 Å². The fourth-order valence-corrected chi connectivity index (χ4v) is 1.82. The summed E-state index contributed by atoms with van der Waals surface area (Å²) in [6.45, 7) is 2.38. The second kappa shape index (κ2) is 5.54. The molecular formula is C9H19NO3. The van der Waals surface area contributed by atoms with Crippen molar-refractivity contribution in [2.45, 2.75) is 18.9 Å². The lowest BCUT2D eigenvalue weighted by molar-refractivity contribution is 0.0369. The minimum absolute atomic E-state index is 0.180.